The molecular formula is C32H26N6O2. The molecule has 0 saturated carbocycles. The van der Waals surface area contributed by atoms with E-state index in [9.17, 15) is 4.79 Å². The second-order valence-corrected chi connectivity index (χ2v) is 9.11. The molecule has 0 radical (unpaired) electrons. The van der Waals surface area contributed by atoms with Crippen molar-refractivity contribution in [2.75, 3.05) is 22.5 Å². The number of para-hydroxylation sites is 1. The maximum Gasteiger partial charge on any atom is 0.324 e. The molecule has 40 heavy (non-hydrogen) atoms. The number of hydrogen-bond acceptors (Lipinski definition) is 6. The third-order valence-electron chi connectivity index (χ3n) is 6.39. The molecule has 2 amide bonds. The zero-order chi connectivity index (χ0) is 27.1. The number of pyridine rings is 1. The molecule has 0 spiro atoms. The molecule has 3 N–H and O–H groups in total. The Morgan fingerprint density at radius 1 is 0.725 bits per heavy atom. The van der Waals surface area contributed by atoms with Crippen LogP contribution in [0.5, 0.6) is 0 Å². The van der Waals surface area contributed by atoms with Crippen molar-refractivity contribution in [2.45, 2.75) is 6.42 Å². The van der Waals surface area contributed by atoms with E-state index < -0.39 is 0 Å². The summed E-state index contributed by atoms with van der Waals surface area (Å²) in [5, 5.41) is 9.84. The maximum absolute atomic E-state index is 12.2. The van der Waals surface area contributed by atoms with Crippen LogP contribution in [0.2, 0.25) is 0 Å². The molecule has 0 atom stereocenters. The molecule has 0 bridgehead atoms. The molecule has 8 heteroatoms. The summed E-state index contributed by atoms with van der Waals surface area (Å²) in [6.45, 7) is 0.620. The van der Waals surface area contributed by atoms with Crippen molar-refractivity contribution in [1.29, 1.82) is 0 Å². The number of aromatic nitrogens is 3. The molecule has 6 aromatic rings. The summed E-state index contributed by atoms with van der Waals surface area (Å²) in [4.78, 5) is 25.6. The van der Waals surface area contributed by atoms with Crippen molar-refractivity contribution in [2.24, 2.45) is 0 Å². The summed E-state index contributed by atoms with van der Waals surface area (Å²) in [7, 11) is 0. The van der Waals surface area contributed by atoms with E-state index in [1.54, 1.807) is 12.3 Å². The zero-order valence-corrected chi connectivity index (χ0v) is 21.5. The highest BCUT2D eigenvalue weighted by atomic mass is 16.3. The summed E-state index contributed by atoms with van der Waals surface area (Å²) in [5.74, 6) is 1.94. The summed E-state index contributed by atoms with van der Waals surface area (Å²) < 4.78 is 6.29. The van der Waals surface area contributed by atoms with Crippen molar-refractivity contribution in [1.82, 2.24) is 15.0 Å². The topological polar surface area (TPSA) is 105 Å². The van der Waals surface area contributed by atoms with Gasteiger partial charge in [-0.25, -0.2) is 19.7 Å². The first-order valence-corrected chi connectivity index (χ1v) is 12.9. The van der Waals surface area contributed by atoms with Gasteiger partial charge in [0.2, 0.25) is 5.71 Å². The zero-order valence-electron chi connectivity index (χ0n) is 21.5. The fourth-order valence-electron chi connectivity index (χ4n) is 4.51. The highest BCUT2D eigenvalue weighted by molar-refractivity contribution is 6.05. The minimum atomic E-state index is -0.343. The highest BCUT2D eigenvalue weighted by Crippen LogP contribution is 2.42. The number of carbonyl (C=O) groups excluding carboxylic acids is 1. The lowest BCUT2D eigenvalue weighted by atomic mass is 9.99. The van der Waals surface area contributed by atoms with Crippen molar-refractivity contribution >= 4 is 34.5 Å². The lowest BCUT2D eigenvalue weighted by molar-refractivity contribution is 0.262. The Balaban J connectivity index is 1.18. The van der Waals surface area contributed by atoms with Gasteiger partial charge in [0.05, 0.1) is 5.39 Å². The van der Waals surface area contributed by atoms with Gasteiger partial charge in [-0.05, 0) is 35.7 Å². The molecule has 8 nitrogen and oxygen atoms in total. The maximum atomic E-state index is 12.2. The van der Waals surface area contributed by atoms with Gasteiger partial charge in [-0.1, -0.05) is 84.9 Å². The van der Waals surface area contributed by atoms with Crippen molar-refractivity contribution in [3.63, 3.8) is 0 Å². The van der Waals surface area contributed by atoms with Crippen LogP contribution in [0.4, 0.5) is 22.1 Å². The molecule has 0 fully saturated rings. The molecule has 0 unspecified atom stereocenters. The second kappa shape index (κ2) is 11.5. The summed E-state index contributed by atoms with van der Waals surface area (Å²) in [6.07, 6.45) is 3.98. The lowest BCUT2D eigenvalue weighted by Gasteiger charge is -2.09. The molecule has 0 aliphatic heterocycles. The Hall–Kier alpha value is -5.50. The third-order valence-corrected chi connectivity index (χ3v) is 6.39. The summed E-state index contributed by atoms with van der Waals surface area (Å²) in [5.41, 5.74) is 5.22. The first-order chi connectivity index (χ1) is 19.7. The van der Waals surface area contributed by atoms with Gasteiger partial charge in [0.15, 0.2) is 0 Å². The van der Waals surface area contributed by atoms with E-state index in [1.807, 2.05) is 84.9 Å². The Bertz CT molecular complexity index is 1720. The number of benzene rings is 3. The van der Waals surface area contributed by atoms with E-state index in [2.05, 4.69) is 43.0 Å². The fraction of sp³-hybridized carbons (Fsp3) is 0.0625. The Labute approximate surface area is 231 Å². The number of urea groups is 1. The van der Waals surface area contributed by atoms with E-state index in [1.165, 1.54) is 6.33 Å². The molecular weight excluding hydrogens is 500 g/mol. The van der Waals surface area contributed by atoms with E-state index >= 15 is 0 Å². The largest absolute Gasteiger partial charge is 0.437 e. The average Bonchev–Trinajstić information content (AvgIpc) is 3.40. The molecule has 3 aromatic carbocycles. The number of nitrogens with one attached hydrogen (secondary N) is 3. The van der Waals surface area contributed by atoms with Gasteiger partial charge in [-0.15, -0.1) is 0 Å². The molecule has 3 heterocycles. The van der Waals surface area contributed by atoms with E-state index in [4.69, 9.17) is 4.42 Å². The average molecular weight is 527 g/mol. The number of amides is 2. The van der Waals surface area contributed by atoms with Crippen LogP contribution in [0.3, 0.4) is 0 Å². The van der Waals surface area contributed by atoms with Crippen LogP contribution < -0.4 is 16.0 Å². The van der Waals surface area contributed by atoms with Gasteiger partial charge in [-0.3, -0.25) is 5.32 Å². The minimum absolute atomic E-state index is 0.343. The second-order valence-electron chi connectivity index (χ2n) is 9.11. The van der Waals surface area contributed by atoms with E-state index in [-0.39, 0.29) is 6.03 Å². The molecule has 0 aliphatic rings. The first-order valence-electron chi connectivity index (χ1n) is 12.9. The van der Waals surface area contributed by atoms with Crippen molar-refractivity contribution in [3.8, 4) is 22.5 Å². The van der Waals surface area contributed by atoms with Crippen LogP contribution >= 0.6 is 0 Å². The first kappa shape index (κ1) is 24.8. The van der Waals surface area contributed by atoms with Crippen molar-refractivity contribution < 1.29 is 9.21 Å². The fourth-order valence-corrected chi connectivity index (χ4v) is 4.51. The Morgan fingerprint density at radius 3 is 2.12 bits per heavy atom. The number of furan rings is 1. The van der Waals surface area contributed by atoms with E-state index in [0.29, 0.717) is 36.0 Å². The number of fused-ring (bicyclic) bond motifs is 1. The van der Waals surface area contributed by atoms with E-state index in [0.717, 1.165) is 33.4 Å². The predicted octanol–water partition coefficient (Wildman–Crippen LogP) is 7.25. The van der Waals surface area contributed by atoms with Crippen LogP contribution in [0, 0.1) is 0 Å². The number of hydrogen-bond donors (Lipinski definition) is 3. The smallest absolute Gasteiger partial charge is 0.324 e. The number of nitrogens with zero attached hydrogens (tertiary/aromatic N) is 3. The van der Waals surface area contributed by atoms with Crippen LogP contribution in [0.1, 0.15) is 5.56 Å². The Kier molecular flexibility index (Phi) is 7.13. The summed E-state index contributed by atoms with van der Waals surface area (Å²) in [6, 6.07) is 32.8. The SMILES string of the molecule is O=C(Nc1ccccc1)Nc1ccc(CCNc2ncnc3oc(-c4ccccc4)c(-c4ccccc4)c23)cn1. The van der Waals surface area contributed by atoms with Gasteiger partial charge in [0.1, 0.15) is 23.7 Å². The van der Waals surface area contributed by atoms with Crippen LogP contribution in [0.25, 0.3) is 33.6 Å². The standard InChI is InChI=1S/C32H26N6O2/c39-32(37-25-14-8-3-9-15-25)38-26-17-16-22(20-34-26)18-19-33-30-28-27(23-10-4-1-5-11-23)29(24-12-6-2-7-13-24)40-31(28)36-21-35-30/h1-17,20-21H,18-19H2,(H,33,35,36)(H2,34,37,38,39). The van der Waals surface area contributed by atoms with Gasteiger partial charge < -0.3 is 15.1 Å². The van der Waals surface area contributed by atoms with Crippen molar-refractivity contribution in [3.05, 3.63) is 121 Å². The highest BCUT2D eigenvalue weighted by Gasteiger charge is 2.21. The lowest BCUT2D eigenvalue weighted by Crippen LogP contribution is -2.20. The molecule has 0 saturated heterocycles. The normalized spacial score (nSPS) is 10.8. The Morgan fingerprint density at radius 2 is 1.43 bits per heavy atom. The molecule has 196 valence electrons. The van der Waals surface area contributed by atoms with Gasteiger partial charge in [0, 0.05) is 29.6 Å². The van der Waals surface area contributed by atoms with Crippen LogP contribution in [0.15, 0.2) is 120 Å². The van der Waals surface area contributed by atoms with Gasteiger partial charge >= 0.3 is 6.03 Å². The van der Waals surface area contributed by atoms with Gasteiger partial charge in [0.25, 0.3) is 0 Å². The minimum Gasteiger partial charge on any atom is -0.437 e. The molecule has 0 aliphatic carbocycles. The number of carbonyl (C=O) groups is 1. The quantitative estimate of drug-likeness (QED) is 0.193. The number of rotatable bonds is 8. The third kappa shape index (κ3) is 5.51. The molecule has 3 aromatic heterocycles. The summed E-state index contributed by atoms with van der Waals surface area (Å²) >= 11 is 0. The van der Waals surface area contributed by atoms with Crippen LogP contribution in [-0.2, 0) is 6.42 Å². The monoisotopic (exact) mass is 526 g/mol. The molecule has 6 rings (SSSR count). The van der Waals surface area contributed by atoms with Crippen LogP contribution in [-0.4, -0.2) is 27.5 Å². The predicted molar refractivity (Wildman–Crippen MR) is 158 cm³/mol. The number of anilines is 3. The van der Waals surface area contributed by atoms with Gasteiger partial charge in [-0.2, -0.15) is 0 Å².